The molecule has 0 radical (unpaired) electrons. The van der Waals surface area contributed by atoms with Crippen LogP contribution < -0.4 is 0 Å². The van der Waals surface area contributed by atoms with Crippen LogP contribution in [0.2, 0.25) is 0 Å². The van der Waals surface area contributed by atoms with E-state index in [1.807, 2.05) is 104 Å². The fourth-order valence-corrected chi connectivity index (χ4v) is 18.7. The van der Waals surface area contributed by atoms with E-state index >= 15 is 0 Å². The van der Waals surface area contributed by atoms with Crippen molar-refractivity contribution in [3.63, 3.8) is 0 Å². The Morgan fingerprint density at radius 3 is 0.904 bits per heavy atom. The van der Waals surface area contributed by atoms with Crippen LogP contribution in [-0.2, 0) is 0 Å². The molecule has 636 valence electrons. The van der Waals surface area contributed by atoms with Gasteiger partial charge in [0.2, 0.25) is 0 Å². The molecule has 6 aromatic heterocycles. The van der Waals surface area contributed by atoms with E-state index in [1.165, 1.54) is 70.4 Å². The zero-order valence-corrected chi connectivity index (χ0v) is 73.6. The number of pyridine rings is 3. The van der Waals surface area contributed by atoms with Gasteiger partial charge in [-0.1, -0.05) is 376 Å². The highest BCUT2D eigenvalue weighted by Gasteiger charge is 2.23. The molecule has 6 heterocycles. The first-order valence-electron chi connectivity index (χ1n) is 47.8. The molecule has 0 aliphatic rings. The quantitative estimate of drug-likeness (QED) is 0.0925. The molecule has 25 rings (SSSR count). The van der Waals surface area contributed by atoms with Crippen LogP contribution in [0.25, 0.3) is 243 Å². The second-order valence-electron chi connectivity index (χ2n) is 33.6. The first kappa shape index (κ1) is 76.5. The maximum Gasteiger partial charge on any atom is 0.160 e. The van der Waals surface area contributed by atoms with Gasteiger partial charge in [0.05, 0.1) is 23.9 Å². The first-order valence-corrected chi connectivity index (χ1v) is 45.3. The Morgan fingerprint density at radius 2 is 0.463 bits per heavy atom. The Kier molecular flexibility index (Phi) is 20.8. The third kappa shape index (κ3) is 16.6. The van der Waals surface area contributed by atoms with Crippen molar-refractivity contribution in [3.8, 4) is 168 Å². The molecule has 0 saturated carbocycles. The number of nitrogens with zero attached hydrogens (tertiary/aromatic N) is 9. The normalized spacial score (nSPS) is 11.8. The van der Waals surface area contributed by atoms with Crippen molar-refractivity contribution < 1.29 is 6.85 Å². The van der Waals surface area contributed by atoms with Crippen LogP contribution in [0.1, 0.15) is 6.85 Å². The van der Waals surface area contributed by atoms with E-state index in [-0.39, 0.29) is 23.5 Å². The SMILES string of the molecule is [2H]c1c([2H])c([2H])c(-c2ncc(-c3cccc(-c4cccnc4)c3)c(-c3cccc(-c4cccc5ccccc45)c3)n2)c([2H])c1[2H].c1cncc(-c2cccc(-c3cnc(-c4cc5ccccc5c5ccccc45)nc3-c3cccc(-c4cccc5ccccc45)c3)c2)c1.c1cncc(-c2cccc(-c3cnc(-c4ccc5ccccc5c4)nc3-c3cccc(-c4cc5ccccc5c5ccccc45)c3)c2)c1. The van der Waals surface area contributed by atoms with E-state index in [0.29, 0.717) is 17.3 Å². The summed E-state index contributed by atoms with van der Waals surface area (Å²) < 4.78 is 41.6. The Labute approximate surface area is 794 Å². The van der Waals surface area contributed by atoms with Crippen molar-refractivity contribution in [2.45, 2.75) is 0 Å². The number of hydrogen-bond donors (Lipinski definition) is 0. The predicted octanol–water partition coefficient (Wildman–Crippen LogP) is 32.7. The summed E-state index contributed by atoms with van der Waals surface area (Å²) in [6.45, 7) is 0. The zero-order chi connectivity index (χ0) is 94.8. The molecular formula is C127H83N9. The van der Waals surface area contributed by atoms with E-state index in [2.05, 4.69) is 366 Å². The van der Waals surface area contributed by atoms with Crippen LogP contribution >= 0.6 is 0 Å². The maximum atomic E-state index is 8.55. The maximum absolute atomic E-state index is 8.55. The molecule has 0 saturated heterocycles. The highest BCUT2D eigenvalue weighted by Crippen LogP contribution is 2.45. The van der Waals surface area contributed by atoms with Gasteiger partial charge in [0, 0.05) is 123 Å². The lowest BCUT2D eigenvalue weighted by Crippen LogP contribution is -1.97. The minimum atomic E-state index is -0.458. The highest BCUT2D eigenvalue weighted by atomic mass is 14.9. The minimum absolute atomic E-state index is 0.0388. The second-order valence-corrected chi connectivity index (χ2v) is 33.6. The molecule has 0 atom stereocenters. The van der Waals surface area contributed by atoms with Gasteiger partial charge in [-0.15, -0.1) is 0 Å². The number of aromatic nitrogens is 9. The minimum Gasteiger partial charge on any atom is -0.264 e. The van der Waals surface area contributed by atoms with Crippen molar-refractivity contribution in [1.82, 2.24) is 44.9 Å². The van der Waals surface area contributed by atoms with Crippen LogP contribution in [0.15, 0.2) is 505 Å². The van der Waals surface area contributed by atoms with Crippen LogP contribution in [0.5, 0.6) is 0 Å². The van der Waals surface area contributed by atoms with Gasteiger partial charge in [-0.3, -0.25) is 15.0 Å². The van der Waals surface area contributed by atoms with Gasteiger partial charge in [-0.2, -0.15) is 0 Å². The molecule has 19 aromatic carbocycles. The van der Waals surface area contributed by atoms with Crippen molar-refractivity contribution in [2.24, 2.45) is 0 Å². The summed E-state index contributed by atoms with van der Waals surface area (Å²) in [6, 6.07) is 144. The molecule has 0 amide bonds. The average molecular weight is 1740 g/mol. The molecular weight excluding hydrogens is 1650 g/mol. The Hall–Kier alpha value is -18.3. The van der Waals surface area contributed by atoms with E-state index in [4.69, 9.17) is 31.8 Å². The molecule has 0 unspecified atom stereocenters. The summed E-state index contributed by atoms with van der Waals surface area (Å²) in [5, 5.41) is 16.8. The van der Waals surface area contributed by atoms with Crippen molar-refractivity contribution >= 4 is 75.4 Å². The molecule has 0 fully saturated rings. The third-order valence-electron chi connectivity index (χ3n) is 25.3. The van der Waals surface area contributed by atoms with Crippen LogP contribution in [-0.4, -0.2) is 44.9 Å². The van der Waals surface area contributed by atoms with E-state index < -0.39 is 18.1 Å². The summed E-state index contributed by atoms with van der Waals surface area (Å²) in [6.07, 6.45) is 16.6. The molecule has 0 N–H and O–H groups in total. The molecule has 9 heteroatoms. The Bertz CT molecular complexity index is 9120. The summed E-state index contributed by atoms with van der Waals surface area (Å²) in [7, 11) is 0. The van der Waals surface area contributed by atoms with E-state index in [0.717, 1.165) is 144 Å². The average Bonchev–Trinajstić information content (AvgIpc) is 0.745. The third-order valence-corrected chi connectivity index (χ3v) is 25.3. The van der Waals surface area contributed by atoms with Gasteiger partial charge >= 0.3 is 0 Å². The molecule has 0 aliphatic heterocycles. The first-order chi connectivity index (χ1) is 69.5. The van der Waals surface area contributed by atoms with Crippen molar-refractivity contribution in [2.75, 3.05) is 0 Å². The molecule has 136 heavy (non-hydrogen) atoms. The van der Waals surface area contributed by atoms with Gasteiger partial charge in [0.25, 0.3) is 0 Å². The lowest BCUT2D eigenvalue weighted by atomic mass is 9.91. The fraction of sp³-hybridized carbons (Fsp3) is 0. The van der Waals surface area contributed by atoms with E-state index in [1.54, 1.807) is 24.8 Å². The monoisotopic (exact) mass is 1740 g/mol. The summed E-state index contributed by atoms with van der Waals surface area (Å²) in [5.41, 5.74) is 25.9. The second kappa shape index (κ2) is 36.9. The van der Waals surface area contributed by atoms with Gasteiger partial charge < -0.3 is 0 Å². The highest BCUT2D eigenvalue weighted by molar-refractivity contribution is 6.15. The lowest BCUT2D eigenvalue weighted by molar-refractivity contribution is 1.18. The smallest absolute Gasteiger partial charge is 0.160 e. The standard InChI is InChI=1S/2C45H29N3.C37H25N3/c1-3-19-37-30(11-1)13-9-23-38(37)32-15-8-17-35(26-32)44-43(33-16-7-14-31(25-33)36-18-10-24-46-28-36)29-47-45(48-44)42-27-34-12-2-4-20-39(34)40-21-5-6-22-41(40)42;1-2-11-31-25-37(22-21-30(31)10-1)45-47-29-43(34-15-7-13-32(24-34)38-17-9-23-46-28-38)44(48-45)36-16-8-14-33(26-36)42-27-35-12-3-4-18-39(35)40-19-5-6-20-41(40)42;1-2-11-27(12-3-1)37-39-25-35(30-16-6-14-28(22-30)32-18-9-21-38-24-32)36(40-37)31-17-7-15-29(23-31)34-20-8-13-26-10-4-5-19-33(26)34/h2*1-29H;1-25H/i;;1D,2D,3D,11D,12D. The summed E-state index contributed by atoms with van der Waals surface area (Å²) in [4.78, 5) is 43.2. The number of benzene rings is 19. The van der Waals surface area contributed by atoms with Crippen LogP contribution in [0.4, 0.5) is 0 Å². The van der Waals surface area contributed by atoms with Crippen LogP contribution in [0, 0.1) is 0 Å². The van der Waals surface area contributed by atoms with Gasteiger partial charge in [-0.05, 0) is 215 Å². The molecule has 0 spiro atoms. The van der Waals surface area contributed by atoms with Gasteiger partial charge in [-0.25, -0.2) is 29.9 Å². The number of rotatable bonds is 15. The summed E-state index contributed by atoms with van der Waals surface area (Å²) in [5.74, 6) is 1.46. The largest absolute Gasteiger partial charge is 0.264 e. The molecule has 0 aliphatic carbocycles. The van der Waals surface area contributed by atoms with E-state index in [9.17, 15) is 0 Å². The number of fused-ring (bicyclic) bond motifs is 9. The topological polar surface area (TPSA) is 116 Å². The Morgan fingerprint density at radius 1 is 0.154 bits per heavy atom. The Balaban J connectivity index is 0.000000118. The van der Waals surface area contributed by atoms with Gasteiger partial charge in [0.15, 0.2) is 17.5 Å². The van der Waals surface area contributed by atoms with Crippen molar-refractivity contribution in [3.05, 3.63) is 505 Å². The zero-order valence-electron chi connectivity index (χ0n) is 78.6. The number of hydrogen-bond acceptors (Lipinski definition) is 9. The summed E-state index contributed by atoms with van der Waals surface area (Å²) >= 11 is 0. The van der Waals surface area contributed by atoms with Gasteiger partial charge in [0.1, 0.15) is 0 Å². The van der Waals surface area contributed by atoms with Crippen molar-refractivity contribution in [1.29, 1.82) is 0 Å². The fourth-order valence-electron chi connectivity index (χ4n) is 18.7. The predicted molar refractivity (Wildman–Crippen MR) is 564 cm³/mol. The molecule has 9 nitrogen and oxygen atoms in total. The molecule has 25 aromatic rings. The lowest BCUT2D eigenvalue weighted by Gasteiger charge is -2.15. The molecule has 0 bridgehead atoms. The van der Waals surface area contributed by atoms with Crippen LogP contribution in [0.3, 0.4) is 0 Å².